The maximum Gasteiger partial charge on any atom is 0.213 e. The SMILES string of the molecule is CCCCc1ccc2c(c1)-c1cccc(C)[n+]1C(CC)(CC)C2CC. The number of rotatable bonds is 6. The highest BCUT2D eigenvalue weighted by molar-refractivity contribution is 5.65. The molecule has 25 heavy (non-hydrogen) atoms. The van der Waals surface area contributed by atoms with Crippen molar-refractivity contribution in [1.29, 1.82) is 0 Å². The van der Waals surface area contributed by atoms with E-state index in [1.54, 1.807) is 5.56 Å². The molecule has 0 saturated carbocycles. The first-order chi connectivity index (χ1) is 12.1. The maximum absolute atomic E-state index is 2.67. The number of aryl methyl sites for hydroxylation is 2. The second-order valence-corrected chi connectivity index (χ2v) is 7.68. The smallest absolute Gasteiger partial charge is 0.190 e. The molecule has 0 fully saturated rings. The van der Waals surface area contributed by atoms with Gasteiger partial charge in [0.25, 0.3) is 0 Å². The summed E-state index contributed by atoms with van der Waals surface area (Å²) >= 11 is 0. The number of fused-ring (bicyclic) bond motifs is 3. The van der Waals surface area contributed by atoms with Crippen LogP contribution in [0.5, 0.6) is 0 Å². The van der Waals surface area contributed by atoms with Crippen LogP contribution in [0.4, 0.5) is 0 Å². The largest absolute Gasteiger partial charge is 0.213 e. The minimum absolute atomic E-state index is 0.202. The Labute approximate surface area is 154 Å². The minimum atomic E-state index is 0.202. The molecule has 1 aromatic carbocycles. The molecule has 2 heterocycles. The highest BCUT2D eigenvalue weighted by Crippen LogP contribution is 2.47. The first-order valence-electron chi connectivity index (χ1n) is 10.3. The Morgan fingerprint density at radius 2 is 1.76 bits per heavy atom. The first kappa shape index (κ1) is 18.2. The second-order valence-electron chi connectivity index (χ2n) is 7.68. The van der Waals surface area contributed by atoms with Crippen molar-refractivity contribution in [1.82, 2.24) is 0 Å². The van der Waals surface area contributed by atoms with Crippen LogP contribution in [0.25, 0.3) is 11.3 Å². The van der Waals surface area contributed by atoms with Crippen LogP contribution in [0.1, 0.15) is 82.5 Å². The van der Waals surface area contributed by atoms with Gasteiger partial charge in [0.2, 0.25) is 5.69 Å². The number of nitrogens with zero attached hydrogens (tertiary/aromatic N) is 1. The highest BCUT2D eigenvalue weighted by atomic mass is 15.1. The highest BCUT2D eigenvalue weighted by Gasteiger charge is 2.51. The second kappa shape index (κ2) is 7.32. The first-order valence-corrected chi connectivity index (χ1v) is 10.3. The molecule has 0 N–H and O–H groups in total. The Morgan fingerprint density at radius 3 is 2.40 bits per heavy atom. The molecule has 1 unspecified atom stereocenters. The number of pyridine rings is 1. The van der Waals surface area contributed by atoms with E-state index in [4.69, 9.17) is 0 Å². The van der Waals surface area contributed by atoms with E-state index in [1.807, 2.05) is 0 Å². The van der Waals surface area contributed by atoms with Crippen molar-refractivity contribution in [3.8, 4) is 11.3 Å². The van der Waals surface area contributed by atoms with E-state index >= 15 is 0 Å². The molecule has 134 valence electrons. The summed E-state index contributed by atoms with van der Waals surface area (Å²) in [5.74, 6) is 0.594. The van der Waals surface area contributed by atoms with Crippen molar-refractivity contribution in [2.24, 2.45) is 0 Å². The van der Waals surface area contributed by atoms with E-state index in [-0.39, 0.29) is 5.54 Å². The summed E-state index contributed by atoms with van der Waals surface area (Å²) in [6, 6.07) is 14.2. The third-order valence-electron chi connectivity index (χ3n) is 6.50. The van der Waals surface area contributed by atoms with Gasteiger partial charge >= 0.3 is 0 Å². The van der Waals surface area contributed by atoms with Gasteiger partial charge in [0.1, 0.15) is 0 Å². The molecule has 1 heteroatoms. The molecular formula is C24H34N+. The number of hydrogen-bond donors (Lipinski definition) is 0. The maximum atomic E-state index is 2.67. The molecule has 0 amide bonds. The van der Waals surface area contributed by atoms with Crippen LogP contribution in [0.15, 0.2) is 36.4 Å². The molecule has 1 aromatic heterocycles. The van der Waals surface area contributed by atoms with Crippen molar-refractivity contribution in [3.05, 3.63) is 53.2 Å². The molecule has 3 rings (SSSR count). The van der Waals surface area contributed by atoms with E-state index in [2.05, 4.69) is 75.6 Å². The Morgan fingerprint density at radius 1 is 1.00 bits per heavy atom. The van der Waals surface area contributed by atoms with Crippen molar-refractivity contribution in [3.63, 3.8) is 0 Å². The summed E-state index contributed by atoms with van der Waals surface area (Å²) in [6.07, 6.45) is 7.29. The molecule has 1 aliphatic heterocycles. The number of hydrogen-bond acceptors (Lipinski definition) is 0. The van der Waals surface area contributed by atoms with Crippen LogP contribution in [-0.4, -0.2) is 0 Å². The van der Waals surface area contributed by atoms with Gasteiger partial charge < -0.3 is 0 Å². The fourth-order valence-corrected chi connectivity index (χ4v) is 5.19. The van der Waals surface area contributed by atoms with Crippen molar-refractivity contribution in [2.45, 2.75) is 84.6 Å². The van der Waals surface area contributed by atoms with E-state index in [0.717, 1.165) is 0 Å². The quantitative estimate of drug-likeness (QED) is 0.544. The van der Waals surface area contributed by atoms with Crippen LogP contribution < -0.4 is 4.57 Å². The van der Waals surface area contributed by atoms with Gasteiger partial charge in [-0.05, 0) is 42.5 Å². The summed E-state index contributed by atoms with van der Waals surface area (Å²) in [7, 11) is 0. The molecule has 1 atom stereocenters. The predicted octanol–water partition coefficient (Wildman–Crippen LogP) is 6.31. The Balaban J connectivity index is 2.26. The van der Waals surface area contributed by atoms with Gasteiger partial charge in [-0.2, -0.15) is 4.57 Å². The summed E-state index contributed by atoms with van der Waals surface area (Å²) in [6.45, 7) is 11.7. The molecule has 1 aliphatic rings. The van der Waals surface area contributed by atoms with Gasteiger partial charge in [-0.1, -0.05) is 46.2 Å². The minimum Gasteiger partial charge on any atom is -0.190 e. The van der Waals surface area contributed by atoms with Crippen LogP contribution >= 0.6 is 0 Å². The van der Waals surface area contributed by atoms with Crippen molar-refractivity contribution in [2.75, 3.05) is 0 Å². The molecule has 0 aliphatic carbocycles. The van der Waals surface area contributed by atoms with Gasteiger partial charge in [0.05, 0.1) is 5.56 Å². The van der Waals surface area contributed by atoms with E-state index in [0.29, 0.717) is 5.92 Å². The van der Waals surface area contributed by atoms with Gasteiger partial charge in [-0.25, -0.2) is 0 Å². The number of benzene rings is 1. The average molecular weight is 337 g/mol. The molecule has 0 bridgehead atoms. The molecule has 1 nitrogen and oxygen atoms in total. The van der Waals surface area contributed by atoms with Crippen molar-refractivity contribution < 1.29 is 4.57 Å². The summed E-state index contributed by atoms with van der Waals surface area (Å²) < 4.78 is 2.67. The molecule has 0 saturated heterocycles. The third kappa shape index (κ3) is 2.82. The van der Waals surface area contributed by atoms with Gasteiger partial charge in [-0.3, -0.25) is 0 Å². The number of unbranched alkanes of at least 4 members (excludes halogenated alkanes) is 1. The molecule has 0 spiro atoms. The fraction of sp³-hybridized carbons (Fsp3) is 0.542. The van der Waals surface area contributed by atoms with Gasteiger partial charge in [0.15, 0.2) is 11.2 Å². The zero-order chi connectivity index (χ0) is 18.0. The van der Waals surface area contributed by atoms with E-state index in [9.17, 15) is 0 Å². The van der Waals surface area contributed by atoms with Gasteiger partial charge in [0, 0.05) is 37.8 Å². The summed E-state index contributed by atoms with van der Waals surface area (Å²) in [4.78, 5) is 0. The van der Waals surface area contributed by atoms with Crippen LogP contribution in [0.3, 0.4) is 0 Å². The Kier molecular flexibility index (Phi) is 5.32. The molecular weight excluding hydrogens is 302 g/mol. The normalized spacial score (nSPS) is 17.9. The molecule has 0 radical (unpaired) electrons. The van der Waals surface area contributed by atoms with E-state index < -0.39 is 0 Å². The summed E-state index contributed by atoms with van der Waals surface area (Å²) in [5, 5.41) is 0. The van der Waals surface area contributed by atoms with Crippen molar-refractivity contribution >= 4 is 0 Å². The van der Waals surface area contributed by atoms with Crippen LogP contribution in [0.2, 0.25) is 0 Å². The zero-order valence-corrected chi connectivity index (χ0v) is 16.7. The lowest BCUT2D eigenvalue weighted by atomic mass is 9.69. The summed E-state index contributed by atoms with van der Waals surface area (Å²) in [5.41, 5.74) is 7.54. The average Bonchev–Trinajstić information content (AvgIpc) is 2.65. The zero-order valence-electron chi connectivity index (χ0n) is 16.7. The van der Waals surface area contributed by atoms with Crippen LogP contribution in [0, 0.1) is 6.92 Å². The van der Waals surface area contributed by atoms with E-state index in [1.165, 1.54) is 61.0 Å². The van der Waals surface area contributed by atoms with Crippen LogP contribution in [-0.2, 0) is 12.0 Å². The standard InChI is InChI=1S/C24H34N/c1-6-10-13-19-15-16-20-21(17-19)23-14-11-12-18(5)25(23)24(8-3,9-4)22(20)7-2/h11-12,14-17,22H,6-10,13H2,1-5H3/q+1. The Bertz CT molecular complexity index is 740. The lowest BCUT2D eigenvalue weighted by molar-refractivity contribution is -0.767. The monoisotopic (exact) mass is 336 g/mol. The topological polar surface area (TPSA) is 3.88 Å². The fourth-order valence-electron chi connectivity index (χ4n) is 5.19. The van der Waals surface area contributed by atoms with Gasteiger partial charge in [-0.15, -0.1) is 0 Å². The lowest BCUT2D eigenvalue weighted by Gasteiger charge is -2.40. The molecule has 2 aromatic rings. The predicted molar refractivity (Wildman–Crippen MR) is 107 cm³/mol. The number of aromatic nitrogens is 1. The lowest BCUT2D eigenvalue weighted by Crippen LogP contribution is -2.63. The Hall–Kier alpha value is -1.63. The third-order valence-corrected chi connectivity index (χ3v) is 6.50.